The van der Waals surface area contributed by atoms with Gasteiger partial charge in [0.2, 0.25) is 0 Å². The van der Waals surface area contributed by atoms with E-state index in [0.29, 0.717) is 43.5 Å². The Bertz CT molecular complexity index is 1590. The first-order chi connectivity index (χ1) is 16.4. The summed E-state index contributed by atoms with van der Waals surface area (Å²) in [6, 6.07) is 20.0. The largest absolute Gasteiger partial charge is 0.383 e. The second-order valence-electron chi connectivity index (χ2n) is 7.69. The maximum Gasteiger partial charge on any atom is 0.261 e. The minimum absolute atomic E-state index is 0.117. The highest BCUT2D eigenvalue weighted by Crippen LogP contribution is 2.29. The van der Waals surface area contributed by atoms with Gasteiger partial charge in [-0.2, -0.15) is 9.78 Å². The molecule has 5 rings (SSSR count). The molecule has 2 heterocycles. The Balaban J connectivity index is 1.65. The molecule has 5 aromatic rings. The number of nitrogens with zero attached hydrogens (tertiary/aromatic N) is 4. The summed E-state index contributed by atoms with van der Waals surface area (Å²) in [6.45, 7) is 1.98. The van der Waals surface area contributed by atoms with Crippen LogP contribution in [0.3, 0.4) is 0 Å². The summed E-state index contributed by atoms with van der Waals surface area (Å²) in [5.74, 6) is -0.286. The Hall–Kier alpha value is -3.94. The van der Waals surface area contributed by atoms with E-state index in [1.807, 2.05) is 55.5 Å². The van der Waals surface area contributed by atoms with Crippen molar-refractivity contribution in [1.29, 1.82) is 0 Å². The second kappa shape index (κ2) is 8.78. The van der Waals surface area contributed by atoms with Crippen molar-refractivity contribution in [2.75, 3.05) is 11.1 Å². The highest BCUT2D eigenvalue weighted by atomic mass is 35.5. The first-order valence-electron chi connectivity index (χ1n) is 10.3. The monoisotopic (exact) mass is 488 g/mol. The fourth-order valence-corrected chi connectivity index (χ4v) is 3.84. The molecule has 0 fully saturated rings. The summed E-state index contributed by atoms with van der Waals surface area (Å²) in [5, 5.41) is 8.21. The molecule has 0 saturated carbocycles. The molecule has 0 atom stereocenters. The molecule has 7 nitrogen and oxygen atoms in total. The molecule has 0 radical (unpaired) electrons. The molecular formula is C25H18Cl2N6O. The van der Waals surface area contributed by atoms with Gasteiger partial charge in [-0.15, -0.1) is 0 Å². The van der Waals surface area contributed by atoms with E-state index in [0.717, 1.165) is 5.56 Å². The fraction of sp³-hybridized carbons (Fsp3) is 0.0400. The maximum absolute atomic E-state index is 13.3. The van der Waals surface area contributed by atoms with Crippen molar-refractivity contribution >= 4 is 69.0 Å². The van der Waals surface area contributed by atoms with Crippen LogP contribution in [0.15, 0.2) is 71.8 Å². The first kappa shape index (κ1) is 21.9. The topological polar surface area (TPSA) is 98.2 Å². The molecule has 9 heteroatoms. The third-order valence-corrected chi connectivity index (χ3v) is 6.02. The molecule has 0 unspecified atom stereocenters. The number of carbonyl (C=O) groups excluding carboxylic acids is 1. The minimum atomic E-state index is -0.403. The van der Waals surface area contributed by atoms with Crippen LogP contribution in [0.4, 0.5) is 11.5 Å². The summed E-state index contributed by atoms with van der Waals surface area (Å²) < 4.78 is 1.40. The predicted octanol–water partition coefficient (Wildman–Crippen LogP) is 5.92. The van der Waals surface area contributed by atoms with E-state index in [9.17, 15) is 4.79 Å². The SMILES string of the molecule is Cc1ccc(NC(=O)c2c(N)n(/N=C/c3ccc(Cl)c(Cl)c3)c3nc4ccccc4nc23)cc1. The molecule has 2 aromatic heterocycles. The van der Waals surface area contributed by atoms with E-state index in [4.69, 9.17) is 28.9 Å². The van der Waals surface area contributed by atoms with Gasteiger partial charge in [0.05, 0.1) is 27.3 Å². The average molecular weight is 489 g/mol. The number of nitrogen functional groups attached to an aromatic ring is 1. The number of para-hydroxylation sites is 2. The molecule has 0 bridgehead atoms. The van der Waals surface area contributed by atoms with Crippen LogP contribution >= 0.6 is 23.2 Å². The van der Waals surface area contributed by atoms with Gasteiger partial charge in [0.25, 0.3) is 5.91 Å². The molecule has 0 aliphatic rings. The molecule has 3 N–H and O–H groups in total. The number of aromatic nitrogens is 3. The van der Waals surface area contributed by atoms with Gasteiger partial charge >= 0.3 is 0 Å². The lowest BCUT2D eigenvalue weighted by Crippen LogP contribution is -2.14. The van der Waals surface area contributed by atoms with Crippen LogP contribution in [0.25, 0.3) is 22.2 Å². The van der Waals surface area contributed by atoms with Crippen LogP contribution in [0.1, 0.15) is 21.5 Å². The smallest absolute Gasteiger partial charge is 0.261 e. The number of rotatable bonds is 4. The maximum atomic E-state index is 13.3. The lowest BCUT2D eigenvalue weighted by Gasteiger charge is -2.06. The van der Waals surface area contributed by atoms with Gasteiger partial charge in [-0.1, -0.05) is 59.1 Å². The summed E-state index contributed by atoms with van der Waals surface area (Å²) in [4.78, 5) is 22.6. The number of amides is 1. The number of benzene rings is 3. The Labute approximate surface area is 204 Å². The average Bonchev–Trinajstić information content (AvgIpc) is 3.10. The number of anilines is 2. The number of halogens is 2. The highest BCUT2D eigenvalue weighted by molar-refractivity contribution is 6.42. The molecule has 1 amide bonds. The van der Waals surface area contributed by atoms with E-state index >= 15 is 0 Å². The van der Waals surface area contributed by atoms with E-state index in [2.05, 4.69) is 20.4 Å². The summed E-state index contributed by atoms with van der Waals surface area (Å²) in [7, 11) is 0. The zero-order chi connectivity index (χ0) is 23.8. The Morgan fingerprint density at radius 1 is 1.00 bits per heavy atom. The number of nitrogens with two attached hydrogens (primary N) is 1. The summed E-state index contributed by atoms with van der Waals surface area (Å²) >= 11 is 12.1. The lowest BCUT2D eigenvalue weighted by atomic mass is 10.2. The third-order valence-electron chi connectivity index (χ3n) is 5.28. The van der Waals surface area contributed by atoms with E-state index < -0.39 is 5.91 Å². The minimum Gasteiger partial charge on any atom is -0.383 e. The van der Waals surface area contributed by atoms with Crippen LogP contribution < -0.4 is 11.1 Å². The number of hydrogen-bond donors (Lipinski definition) is 2. The van der Waals surface area contributed by atoms with Crippen molar-refractivity contribution in [1.82, 2.24) is 14.6 Å². The number of nitrogens with one attached hydrogen (secondary N) is 1. The lowest BCUT2D eigenvalue weighted by molar-refractivity contribution is 0.102. The molecule has 34 heavy (non-hydrogen) atoms. The molecule has 0 spiro atoms. The molecule has 168 valence electrons. The number of hydrogen-bond acceptors (Lipinski definition) is 5. The van der Waals surface area contributed by atoms with Crippen molar-refractivity contribution < 1.29 is 4.79 Å². The molecule has 0 aliphatic carbocycles. The molecule has 3 aromatic carbocycles. The Morgan fingerprint density at radius 2 is 1.71 bits per heavy atom. The normalized spacial score (nSPS) is 11.5. The second-order valence-corrected chi connectivity index (χ2v) is 8.51. The van der Waals surface area contributed by atoms with Crippen LogP contribution in [0, 0.1) is 6.92 Å². The highest BCUT2D eigenvalue weighted by Gasteiger charge is 2.24. The van der Waals surface area contributed by atoms with Crippen LogP contribution in [-0.4, -0.2) is 26.8 Å². The van der Waals surface area contributed by atoms with Gasteiger partial charge in [0.15, 0.2) is 5.65 Å². The van der Waals surface area contributed by atoms with Crippen molar-refractivity contribution in [3.05, 3.63) is 93.5 Å². The molecular weight excluding hydrogens is 471 g/mol. The van der Waals surface area contributed by atoms with Gasteiger partial charge in [-0.3, -0.25) is 4.79 Å². The van der Waals surface area contributed by atoms with Gasteiger partial charge < -0.3 is 11.1 Å². The Morgan fingerprint density at radius 3 is 2.41 bits per heavy atom. The Kier molecular flexibility index (Phi) is 5.65. The zero-order valence-electron chi connectivity index (χ0n) is 18.0. The van der Waals surface area contributed by atoms with E-state index in [1.54, 1.807) is 24.4 Å². The van der Waals surface area contributed by atoms with E-state index in [1.165, 1.54) is 4.68 Å². The van der Waals surface area contributed by atoms with Crippen molar-refractivity contribution in [2.45, 2.75) is 6.92 Å². The van der Waals surface area contributed by atoms with Crippen LogP contribution in [-0.2, 0) is 0 Å². The summed E-state index contributed by atoms with van der Waals surface area (Å²) in [6.07, 6.45) is 1.57. The zero-order valence-corrected chi connectivity index (χ0v) is 19.5. The number of carbonyl (C=O) groups is 1. The van der Waals surface area contributed by atoms with Gasteiger partial charge in [0.1, 0.15) is 16.9 Å². The van der Waals surface area contributed by atoms with Gasteiger partial charge in [0, 0.05) is 5.69 Å². The van der Waals surface area contributed by atoms with Crippen LogP contribution in [0.2, 0.25) is 10.0 Å². The summed E-state index contributed by atoms with van der Waals surface area (Å²) in [5.41, 5.74) is 11.1. The van der Waals surface area contributed by atoms with Crippen molar-refractivity contribution in [2.24, 2.45) is 5.10 Å². The first-order valence-corrected chi connectivity index (χ1v) is 11.1. The number of aryl methyl sites for hydroxylation is 1. The quantitative estimate of drug-likeness (QED) is 0.307. The third kappa shape index (κ3) is 4.07. The standard InChI is InChI=1S/C25H18Cl2N6O/c1-14-6-9-16(10-7-14)30-25(34)21-22-24(32-20-5-3-2-4-19(20)31-22)33(23(21)28)29-13-15-8-11-17(26)18(27)12-15/h2-13H,28H2,1H3,(H,30,34)/b29-13+. The van der Waals surface area contributed by atoms with E-state index in [-0.39, 0.29) is 11.4 Å². The van der Waals surface area contributed by atoms with Gasteiger partial charge in [-0.25, -0.2) is 9.97 Å². The predicted molar refractivity (Wildman–Crippen MR) is 138 cm³/mol. The van der Waals surface area contributed by atoms with Crippen molar-refractivity contribution in [3.63, 3.8) is 0 Å². The van der Waals surface area contributed by atoms with Gasteiger partial charge in [-0.05, 0) is 48.9 Å². The fourth-order valence-electron chi connectivity index (χ4n) is 3.54. The molecule has 0 saturated heterocycles. The number of fused-ring (bicyclic) bond motifs is 2. The van der Waals surface area contributed by atoms with Crippen molar-refractivity contribution in [3.8, 4) is 0 Å². The molecule has 0 aliphatic heterocycles. The van der Waals surface area contributed by atoms with Crippen LogP contribution in [0.5, 0.6) is 0 Å².